The van der Waals surface area contributed by atoms with Crippen LogP contribution in [0.25, 0.3) is 10.4 Å². The predicted octanol–water partition coefficient (Wildman–Crippen LogP) is 3.15. The highest BCUT2D eigenvalue weighted by atomic mass is 32.1. The zero-order valence-corrected chi connectivity index (χ0v) is 12.7. The minimum absolute atomic E-state index is 0.0859. The second-order valence-electron chi connectivity index (χ2n) is 4.75. The lowest BCUT2D eigenvalue weighted by atomic mass is 10.1. The molecule has 0 fully saturated rings. The van der Waals surface area contributed by atoms with E-state index in [-0.39, 0.29) is 6.10 Å². The number of benzene rings is 1. The third-order valence-electron chi connectivity index (χ3n) is 2.81. The van der Waals surface area contributed by atoms with Crippen molar-refractivity contribution < 1.29 is 9.53 Å². The van der Waals surface area contributed by atoms with Gasteiger partial charge in [0.1, 0.15) is 5.75 Å². The van der Waals surface area contributed by atoms with E-state index >= 15 is 0 Å². The van der Waals surface area contributed by atoms with Crippen LogP contribution in [-0.2, 0) is 11.3 Å². The van der Waals surface area contributed by atoms with Gasteiger partial charge in [0.2, 0.25) is 6.41 Å². The van der Waals surface area contributed by atoms with Crippen LogP contribution in [0.15, 0.2) is 23.7 Å². The van der Waals surface area contributed by atoms with Gasteiger partial charge in [-0.3, -0.25) is 4.79 Å². The molecule has 2 aromatic rings. The highest BCUT2D eigenvalue weighted by Crippen LogP contribution is 2.32. The highest BCUT2D eigenvalue weighted by Gasteiger charge is 2.11. The van der Waals surface area contributed by atoms with E-state index in [4.69, 9.17) is 4.74 Å². The number of aryl methyl sites for hydroxylation is 1. The molecule has 1 N–H and O–H groups in total. The number of aromatic nitrogens is 1. The van der Waals surface area contributed by atoms with E-state index in [1.807, 2.05) is 44.5 Å². The first-order valence-electron chi connectivity index (χ1n) is 6.49. The summed E-state index contributed by atoms with van der Waals surface area (Å²) in [5.74, 6) is 0.805. The molecule has 0 unspecified atom stereocenters. The average Bonchev–Trinajstić information content (AvgIpc) is 2.83. The number of carbonyl (C=O) groups excluding carboxylic acids is 1. The molecule has 0 aliphatic carbocycles. The first-order chi connectivity index (χ1) is 9.61. The van der Waals surface area contributed by atoms with E-state index in [9.17, 15) is 4.79 Å². The normalized spacial score (nSPS) is 10.6. The van der Waals surface area contributed by atoms with E-state index in [0.717, 1.165) is 27.4 Å². The van der Waals surface area contributed by atoms with E-state index in [1.54, 1.807) is 11.3 Å². The molecule has 106 valence electrons. The molecule has 0 radical (unpaired) electrons. The van der Waals surface area contributed by atoms with Crippen LogP contribution < -0.4 is 10.1 Å². The first kappa shape index (κ1) is 14.5. The summed E-state index contributed by atoms with van der Waals surface area (Å²) in [5.41, 5.74) is 4.92. The summed E-state index contributed by atoms with van der Waals surface area (Å²) in [5, 5.41) is 2.67. The zero-order valence-electron chi connectivity index (χ0n) is 11.8. The lowest BCUT2D eigenvalue weighted by Gasteiger charge is -2.15. The zero-order chi connectivity index (χ0) is 14.5. The molecule has 5 heteroatoms. The average molecular weight is 290 g/mol. The maximum Gasteiger partial charge on any atom is 0.207 e. The Balaban J connectivity index is 2.37. The standard InChI is InChI=1S/C15H18N2O2S/c1-10(2)19-14-6-12(15-11(3)17-9-20-15)4-5-13(14)7-16-8-18/h4-6,8-10H,7H2,1-3H3,(H,16,18). The van der Waals surface area contributed by atoms with Crippen molar-refractivity contribution in [2.24, 2.45) is 0 Å². The van der Waals surface area contributed by atoms with Crippen molar-refractivity contribution in [1.82, 2.24) is 10.3 Å². The third-order valence-corrected chi connectivity index (χ3v) is 3.79. The van der Waals surface area contributed by atoms with Gasteiger partial charge >= 0.3 is 0 Å². The summed E-state index contributed by atoms with van der Waals surface area (Å²) in [4.78, 5) is 15.9. The van der Waals surface area contributed by atoms with Gasteiger partial charge in [-0.15, -0.1) is 11.3 Å². The van der Waals surface area contributed by atoms with Crippen LogP contribution in [0.3, 0.4) is 0 Å². The number of ether oxygens (including phenoxy) is 1. The molecule has 20 heavy (non-hydrogen) atoms. The number of amides is 1. The van der Waals surface area contributed by atoms with E-state index < -0.39 is 0 Å². The van der Waals surface area contributed by atoms with Crippen molar-refractivity contribution >= 4 is 17.7 Å². The Kier molecular flexibility index (Phi) is 4.74. The molecule has 0 aliphatic rings. The predicted molar refractivity (Wildman–Crippen MR) is 81.0 cm³/mol. The summed E-state index contributed by atoms with van der Waals surface area (Å²) >= 11 is 1.62. The molecule has 0 saturated carbocycles. The smallest absolute Gasteiger partial charge is 0.207 e. The first-order valence-corrected chi connectivity index (χ1v) is 7.37. The molecular formula is C15H18N2O2S. The van der Waals surface area contributed by atoms with Crippen LogP contribution in [0.1, 0.15) is 25.1 Å². The molecule has 0 spiro atoms. The lowest BCUT2D eigenvalue weighted by molar-refractivity contribution is -0.109. The summed E-state index contributed by atoms with van der Waals surface area (Å²) < 4.78 is 5.85. The Morgan fingerprint density at radius 1 is 1.45 bits per heavy atom. The molecule has 2 rings (SSSR count). The Morgan fingerprint density at radius 3 is 2.85 bits per heavy atom. The van der Waals surface area contributed by atoms with Crippen LogP contribution >= 0.6 is 11.3 Å². The van der Waals surface area contributed by atoms with Crippen molar-refractivity contribution in [2.45, 2.75) is 33.4 Å². The van der Waals surface area contributed by atoms with E-state index in [1.165, 1.54) is 0 Å². The van der Waals surface area contributed by atoms with Crippen LogP contribution in [0.2, 0.25) is 0 Å². The van der Waals surface area contributed by atoms with Gasteiger partial charge in [-0.1, -0.05) is 12.1 Å². The number of carbonyl (C=O) groups is 1. The Labute approximate surface area is 122 Å². The fourth-order valence-electron chi connectivity index (χ4n) is 1.94. The lowest BCUT2D eigenvalue weighted by Crippen LogP contribution is -2.13. The summed E-state index contributed by atoms with van der Waals surface area (Å²) in [6, 6.07) is 6.04. The quantitative estimate of drug-likeness (QED) is 0.831. The van der Waals surface area contributed by atoms with Crippen molar-refractivity contribution in [3.05, 3.63) is 35.0 Å². The van der Waals surface area contributed by atoms with Crippen molar-refractivity contribution in [3.63, 3.8) is 0 Å². The molecule has 0 aliphatic heterocycles. The van der Waals surface area contributed by atoms with Crippen LogP contribution in [0.4, 0.5) is 0 Å². The van der Waals surface area contributed by atoms with E-state index in [2.05, 4.69) is 10.3 Å². The SMILES string of the molecule is Cc1ncsc1-c1ccc(CNC=O)c(OC(C)C)c1. The van der Waals surface area contributed by atoms with Gasteiger partial charge in [0.05, 0.1) is 22.2 Å². The number of hydrogen-bond donors (Lipinski definition) is 1. The molecule has 4 nitrogen and oxygen atoms in total. The van der Waals surface area contributed by atoms with Crippen molar-refractivity contribution in [3.8, 4) is 16.2 Å². The molecule has 1 amide bonds. The second kappa shape index (κ2) is 6.52. The van der Waals surface area contributed by atoms with Crippen molar-refractivity contribution in [1.29, 1.82) is 0 Å². The molecule has 1 aromatic heterocycles. The number of hydrogen-bond acceptors (Lipinski definition) is 4. The van der Waals surface area contributed by atoms with Gasteiger partial charge in [0.15, 0.2) is 0 Å². The fraction of sp³-hybridized carbons (Fsp3) is 0.333. The Bertz CT molecular complexity index is 593. The Morgan fingerprint density at radius 2 is 2.25 bits per heavy atom. The molecule has 1 aromatic carbocycles. The summed E-state index contributed by atoms with van der Waals surface area (Å²) in [6.07, 6.45) is 0.781. The van der Waals surface area contributed by atoms with Gasteiger partial charge in [-0.2, -0.15) is 0 Å². The molecular weight excluding hydrogens is 272 g/mol. The second-order valence-corrected chi connectivity index (χ2v) is 5.61. The van der Waals surface area contributed by atoms with Crippen molar-refractivity contribution in [2.75, 3.05) is 0 Å². The van der Waals surface area contributed by atoms with Crippen LogP contribution in [0, 0.1) is 6.92 Å². The maximum atomic E-state index is 10.5. The summed E-state index contributed by atoms with van der Waals surface area (Å²) in [7, 11) is 0. The number of rotatable bonds is 6. The minimum atomic E-state index is 0.0859. The van der Waals surface area contributed by atoms with Gasteiger partial charge in [0, 0.05) is 12.1 Å². The molecule has 1 heterocycles. The van der Waals surface area contributed by atoms with Crippen LogP contribution in [-0.4, -0.2) is 17.5 Å². The topological polar surface area (TPSA) is 51.2 Å². The van der Waals surface area contributed by atoms with Gasteiger partial charge in [-0.25, -0.2) is 4.98 Å². The van der Waals surface area contributed by atoms with Gasteiger partial charge < -0.3 is 10.1 Å². The number of nitrogens with zero attached hydrogens (tertiary/aromatic N) is 1. The Hall–Kier alpha value is -1.88. The monoisotopic (exact) mass is 290 g/mol. The fourth-order valence-corrected chi connectivity index (χ4v) is 2.74. The highest BCUT2D eigenvalue weighted by molar-refractivity contribution is 7.13. The minimum Gasteiger partial charge on any atom is -0.491 e. The van der Waals surface area contributed by atoms with Crippen LogP contribution in [0.5, 0.6) is 5.75 Å². The molecule has 0 saturated heterocycles. The maximum absolute atomic E-state index is 10.5. The van der Waals surface area contributed by atoms with Gasteiger partial charge in [-0.05, 0) is 32.4 Å². The summed E-state index contributed by atoms with van der Waals surface area (Å²) in [6.45, 7) is 6.44. The largest absolute Gasteiger partial charge is 0.491 e. The number of nitrogens with one attached hydrogen (secondary N) is 1. The van der Waals surface area contributed by atoms with E-state index in [0.29, 0.717) is 13.0 Å². The third kappa shape index (κ3) is 3.36. The molecule has 0 atom stereocenters. The molecule has 0 bridgehead atoms. The van der Waals surface area contributed by atoms with Gasteiger partial charge in [0.25, 0.3) is 0 Å². The number of thiazole rings is 1.